The van der Waals surface area contributed by atoms with E-state index in [2.05, 4.69) is 12.2 Å². The number of carbonyl (C=O) groups is 2. The molecule has 2 atom stereocenters. The molecule has 136 valence electrons. The van der Waals surface area contributed by atoms with Gasteiger partial charge in [0.15, 0.2) is 0 Å². The summed E-state index contributed by atoms with van der Waals surface area (Å²) in [4.78, 5) is 22.7. The summed E-state index contributed by atoms with van der Waals surface area (Å²) in [6, 6.07) is 0. The van der Waals surface area contributed by atoms with E-state index < -0.39 is 23.6 Å². The van der Waals surface area contributed by atoms with Gasteiger partial charge in [-0.25, -0.2) is 4.79 Å². The van der Waals surface area contributed by atoms with Gasteiger partial charge in [-0.3, -0.25) is 4.79 Å². The van der Waals surface area contributed by atoms with Gasteiger partial charge in [0.1, 0.15) is 5.60 Å². The molecule has 0 aromatic heterocycles. The highest BCUT2D eigenvalue weighted by molar-refractivity contribution is 5.70. The summed E-state index contributed by atoms with van der Waals surface area (Å²) < 4.78 is 10.8. The van der Waals surface area contributed by atoms with Crippen molar-refractivity contribution in [1.82, 2.24) is 5.32 Å². The highest BCUT2D eigenvalue weighted by Crippen LogP contribution is 2.16. The molecular weight excluding hydrogens is 298 g/mol. The minimum atomic E-state index is -0.856. The summed E-state index contributed by atoms with van der Waals surface area (Å²) in [5.74, 6) is -1.41. The van der Waals surface area contributed by atoms with E-state index in [-0.39, 0.29) is 12.7 Å². The Morgan fingerprint density at radius 1 is 1.17 bits per heavy atom. The zero-order valence-corrected chi connectivity index (χ0v) is 15.2. The first-order valence-electron chi connectivity index (χ1n) is 8.48. The van der Waals surface area contributed by atoms with Crippen molar-refractivity contribution >= 4 is 12.1 Å². The monoisotopic (exact) mass is 331 g/mol. The van der Waals surface area contributed by atoms with Crippen molar-refractivity contribution in [1.29, 1.82) is 0 Å². The van der Waals surface area contributed by atoms with Crippen LogP contribution in [0.1, 0.15) is 66.7 Å². The summed E-state index contributed by atoms with van der Waals surface area (Å²) in [6.07, 6.45) is 4.22. The summed E-state index contributed by atoms with van der Waals surface area (Å²) in [5, 5.41) is 11.8. The Kier molecular flexibility index (Phi) is 10.6. The lowest BCUT2D eigenvalue weighted by Crippen LogP contribution is -2.36. The number of ether oxygens (including phenoxy) is 2. The Balaban J connectivity index is 4.13. The molecule has 0 aromatic rings. The Morgan fingerprint density at radius 2 is 1.83 bits per heavy atom. The first kappa shape index (κ1) is 21.7. The molecule has 1 amide bonds. The second kappa shape index (κ2) is 11.3. The number of carboxylic acids is 1. The van der Waals surface area contributed by atoms with Crippen molar-refractivity contribution in [2.75, 3.05) is 13.2 Å². The molecular formula is C17H33NO5. The Labute approximate surface area is 139 Å². The maximum Gasteiger partial charge on any atom is 0.407 e. The summed E-state index contributed by atoms with van der Waals surface area (Å²) >= 11 is 0. The van der Waals surface area contributed by atoms with E-state index in [9.17, 15) is 9.59 Å². The maximum absolute atomic E-state index is 11.5. The van der Waals surface area contributed by atoms with Crippen molar-refractivity contribution in [2.45, 2.75) is 78.4 Å². The molecule has 2 unspecified atom stereocenters. The lowest BCUT2D eigenvalue weighted by molar-refractivity contribution is -0.146. The van der Waals surface area contributed by atoms with Crippen LogP contribution in [0.3, 0.4) is 0 Å². The summed E-state index contributed by atoms with van der Waals surface area (Å²) in [7, 11) is 0. The third-order valence-corrected chi connectivity index (χ3v) is 3.39. The number of rotatable bonds is 11. The van der Waals surface area contributed by atoms with Gasteiger partial charge in [-0.15, -0.1) is 0 Å². The van der Waals surface area contributed by atoms with Crippen LogP contribution in [0.5, 0.6) is 0 Å². The molecule has 0 bridgehead atoms. The van der Waals surface area contributed by atoms with E-state index >= 15 is 0 Å². The van der Waals surface area contributed by atoms with E-state index in [4.69, 9.17) is 14.6 Å². The molecule has 0 spiro atoms. The highest BCUT2D eigenvalue weighted by Gasteiger charge is 2.24. The van der Waals surface area contributed by atoms with E-state index in [1.54, 1.807) is 27.7 Å². The van der Waals surface area contributed by atoms with Gasteiger partial charge in [-0.2, -0.15) is 0 Å². The minimum Gasteiger partial charge on any atom is -0.481 e. The molecule has 0 heterocycles. The van der Waals surface area contributed by atoms with Gasteiger partial charge in [0.2, 0.25) is 0 Å². The number of alkyl carbamates (subject to hydrolysis) is 1. The fraction of sp³-hybridized carbons (Fsp3) is 0.882. The van der Waals surface area contributed by atoms with Gasteiger partial charge in [-0.05, 0) is 34.1 Å². The molecule has 0 aliphatic carbocycles. The molecule has 0 aliphatic heterocycles. The number of aliphatic carboxylic acids is 1. The van der Waals surface area contributed by atoms with Crippen LogP contribution < -0.4 is 5.32 Å². The number of hydrogen-bond acceptors (Lipinski definition) is 4. The second-order valence-corrected chi connectivity index (χ2v) is 6.81. The van der Waals surface area contributed by atoms with Crippen LogP contribution in [0.15, 0.2) is 0 Å². The molecule has 0 rings (SSSR count). The van der Waals surface area contributed by atoms with Crippen LogP contribution in [0.2, 0.25) is 0 Å². The zero-order valence-electron chi connectivity index (χ0n) is 15.2. The van der Waals surface area contributed by atoms with Gasteiger partial charge >= 0.3 is 12.1 Å². The van der Waals surface area contributed by atoms with E-state index in [1.807, 2.05) is 0 Å². The van der Waals surface area contributed by atoms with Crippen LogP contribution >= 0.6 is 0 Å². The molecule has 6 heteroatoms. The Hall–Kier alpha value is -1.30. The fourth-order valence-electron chi connectivity index (χ4n) is 2.09. The van der Waals surface area contributed by atoms with Gasteiger partial charge in [0.05, 0.1) is 18.6 Å². The lowest BCUT2D eigenvalue weighted by atomic mass is 9.98. The first-order valence-corrected chi connectivity index (χ1v) is 8.48. The van der Waals surface area contributed by atoms with Crippen LogP contribution in [0.25, 0.3) is 0 Å². The third kappa shape index (κ3) is 11.9. The average Bonchev–Trinajstić information content (AvgIpc) is 2.42. The molecule has 0 aliphatic rings. The molecule has 0 saturated carbocycles. The van der Waals surface area contributed by atoms with Gasteiger partial charge in [-0.1, -0.05) is 32.6 Å². The van der Waals surface area contributed by atoms with Crippen molar-refractivity contribution in [3.05, 3.63) is 0 Å². The molecule has 0 saturated heterocycles. The highest BCUT2D eigenvalue weighted by atomic mass is 16.6. The Morgan fingerprint density at radius 3 is 2.35 bits per heavy atom. The minimum absolute atomic E-state index is 0.273. The number of amides is 1. The SMILES string of the molecule is CCCCCCC(OCCNC(=O)OC(C)(C)C)C(C)C(=O)O. The predicted molar refractivity (Wildman–Crippen MR) is 89.5 cm³/mol. The van der Waals surface area contributed by atoms with Crippen LogP contribution in [-0.2, 0) is 14.3 Å². The second-order valence-electron chi connectivity index (χ2n) is 6.81. The van der Waals surface area contributed by atoms with Crippen LogP contribution in [-0.4, -0.2) is 42.0 Å². The summed E-state index contributed by atoms with van der Waals surface area (Å²) in [6.45, 7) is 9.75. The van der Waals surface area contributed by atoms with Crippen LogP contribution in [0.4, 0.5) is 4.79 Å². The predicted octanol–water partition coefficient (Wildman–Crippen LogP) is 3.59. The molecule has 23 heavy (non-hydrogen) atoms. The van der Waals surface area contributed by atoms with Crippen molar-refractivity contribution in [3.8, 4) is 0 Å². The van der Waals surface area contributed by atoms with E-state index in [0.717, 1.165) is 32.1 Å². The summed E-state index contributed by atoms with van der Waals surface area (Å²) in [5.41, 5.74) is -0.537. The molecule has 0 aromatic carbocycles. The van der Waals surface area contributed by atoms with Crippen molar-refractivity contribution in [2.24, 2.45) is 5.92 Å². The van der Waals surface area contributed by atoms with Crippen molar-refractivity contribution < 1.29 is 24.2 Å². The quantitative estimate of drug-likeness (QED) is 0.565. The maximum atomic E-state index is 11.5. The van der Waals surface area contributed by atoms with Gasteiger partial charge < -0.3 is 19.9 Å². The zero-order chi connectivity index (χ0) is 17.9. The van der Waals surface area contributed by atoms with E-state index in [1.165, 1.54) is 0 Å². The molecule has 2 N–H and O–H groups in total. The lowest BCUT2D eigenvalue weighted by Gasteiger charge is -2.22. The first-order chi connectivity index (χ1) is 10.7. The topological polar surface area (TPSA) is 84.9 Å². The number of unbranched alkanes of at least 4 members (excludes halogenated alkanes) is 3. The Bertz CT molecular complexity index is 351. The molecule has 0 radical (unpaired) electrons. The van der Waals surface area contributed by atoms with E-state index in [0.29, 0.717) is 6.54 Å². The van der Waals surface area contributed by atoms with Crippen molar-refractivity contribution in [3.63, 3.8) is 0 Å². The van der Waals surface area contributed by atoms with Crippen LogP contribution in [0, 0.1) is 5.92 Å². The largest absolute Gasteiger partial charge is 0.481 e. The fourth-order valence-corrected chi connectivity index (χ4v) is 2.09. The average molecular weight is 331 g/mol. The van der Waals surface area contributed by atoms with Gasteiger partial charge in [0.25, 0.3) is 0 Å². The standard InChI is InChI=1S/C17H33NO5/c1-6-7-8-9-10-14(13(2)15(19)20)22-12-11-18-16(21)23-17(3,4)5/h13-14H,6-12H2,1-5H3,(H,18,21)(H,19,20). The number of hydrogen-bond donors (Lipinski definition) is 2. The normalized spacial score (nSPS) is 14.1. The number of nitrogens with one attached hydrogen (secondary N) is 1. The molecule has 6 nitrogen and oxygen atoms in total. The molecule has 0 fully saturated rings. The smallest absolute Gasteiger partial charge is 0.407 e. The number of carboxylic acid groups (broad SMARTS) is 1. The third-order valence-electron chi connectivity index (χ3n) is 3.39. The number of carbonyl (C=O) groups excluding carboxylic acids is 1. The van der Waals surface area contributed by atoms with Gasteiger partial charge in [0, 0.05) is 6.54 Å².